The van der Waals surface area contributed by atoms with E-state index in [0.29, 0.717) is 16.9 Å². The van der Waals surface area contributed by atoms with Gasteiger partial charge in [0.05, 0.1) is 36.5 Å². The van der Waals surface area contributed by atoms with Crippen LogP contribution in [-0.2, 0) is 11.3 Å². The van der Waals surface area contributed by atoms with Crippen LogP contribution in [0.3, 0.4) is 0 Å². The standard InChI is InChI=1S/C27H31F7N8O2/c28-18(29)6-10-41-24(25(35)44)23(39-40-41)21(14-3-7-26(30,31)8-4-14)17-13-42-19(37-17)11-16(12-36-42)22(15-1-2-15)38-20(43)5-9-27(32,33)34/h11-15,18,21-22H,1-10H2,(H2,35,44)(H,38,43)/t21-,22+/m0/s1. The van der Waals surface area contributed by atoms with E-state index in [-0.39, 0.29) is 36.7 Å². The number of fused-ring (bicyclic) bond motifs is 1. The minimum absolute atomic E-state index is 0.0153. The highest BCUT2D eigenvalue weighted by Crippen LogP contribution is 2.45. The summed E-state index contributed by atoms with van der Waals surface area (Å²) in [6.07, 6.45) is -5.88. The molecular weight excluding hydrogens is 601 g/mol. The van der Waals surface area contributed by atoms with Gasteiger partial charge in [-0.2, -0.15) is 18.3 Å². The molecule has 0 saturated heterocycles. The van der Waals surface area contributed by atoms with Crippen molar-refractivity contribution in [3.8, 4) is 0 Å². The van der Waals surface area contributed by atoms with Crippen LogP contribution in [0.4, 0.5) is 30.7 Å². The van der Waals surface area contributed by atoms with E-state index in [4.69, 9.17) is 5.73 Å². The fourth-order valence-electron chi connectivity index (χ4n) is 5.80. The van der Waals surface area contributed by atoms with E-state index in [0.717, 1.165) is 17.5 Å². The molecule has 3 aromatic rings. The zero-order chi connectivity index (χ0) is 31.8. The monoisotopic (exact) mass is 632 g/mol. The molecule has 17 heteroatoms. The molecule has 2 aliphatic carbocycles. The summed E-state index contributed by atoms with van der Waals surface area (Å²) in [5, 5.41) is 15.0. The topological polar surface area (TPSA) is 133 Å². The number of nitrogens with two attached hydrogens (primary N) is 1. The van der Waals surface area contributed by atoms with Crippen molar-refractivity contribution in [2.45, 2.75) is 94.8 Å². The minimum Gasteiger partial charge on any atom is -0.364 e. The van der Waals surface area contributed by atoms with Crippen molar-refractivity contribution >= 4 is 17.5 Å². The number of halogens is 7. The van der Waals surface area contributed by atoms with Gasteiger partial charge in [-0.1, -0.05) is 5.21 Å². The molecule has 44 heavy (non-hydrogen) atoms. The van der Waals surface area contributed by atoms with Gasteiger partial charge in [0, 0.05) is 32.2 Å². The molecule has 5 rings (SSSR count). The van der Waals surface area contributed by atoms with Crippen molar-refractivity contribution in [3.05, 3.63) is 41.1 Å². The average Bonchev–Trinajstić information content (AvgIpc) is 3.55. The van der Waals surface area contributed by atoms with Gasteiger partial charge in [0.1, 0.15) is 11.4 Å². The molecule has 0 unspecified atom stereocenters. The Morgan fingerprint density at radius 3 is 2.43 bits per heavy atom. The fourth-order valence-corrected chi connectivity index (χ4v) is 5.80. The van der Waals surface area contributed by atoms with E-state index in [1.54, 1.807) is 6.07 Å². The fraction of sp³-hybridized carbons (Fsp3) is 0.630. The Morgan fingerprint density at radius 2 is 1.82 bits per heavy atom. The number of carbonyl (C=O) groups excluding carboxylic acids is 2. The van der Waals surface area contributed by atoms with Gasteiger partial charge in [0.15, 0.2) is 5.65 Å². The third kappa shape index (κ3) is 7.46. The lowest BCUT2D eigenvalue weighted by Gasteiger charge is -2.32. The summed E-state index contributed by atoms with van der Waals surface area (Å²) < 4.78 is 94.3. The van der Waals surface area contributed by atoms with Gasteiger partial charge < -0.3 is 11.1 Å². The maximum atomic E-state index is 14.1. The van der Waals surface area contributed by atoms with Crippen LogP contribution < -0.4 is 11.1 Å². The second-order valence-corrected chi connectivity index (χ2v) is 11.5. The predicted octanol–water partition coefficient (Wildman–Crippen LogP) is 4.94. The second kappa shape index (κ2) is 12.3. The van der Waals surface area contributed by atoms with Crippen molar-refractivity contribution in [3.63, 3.8) is 0 Å². The van der Waals surface area contributed by atoms with Gasteiger partial charge in [0.2, 0.25) is 18.3 Å². The van der Waals surface area contributed by atoms with Crippen molar-refractivity contribution < 1.29 is 40.3 Å². The van der Waals surface area contributed by atoms with Crippen LogP contribution >= 0.6 is 0 Å². The lowest BCUT2D eigenvalue weighted by Crippen LogP contribution is -2.30. The third-order valence-corrected chi connectivity index (χ3v) is 8.16. The molecular formula is C27H31F7N8O2. The third-order valence-electron chi connectivity index (χ3n) is 8.16. The maximum absolute atomic E-state index is 14.1. The zero-order valence-electron chi connectivity index (χ0n) is 23.4. The first-order chi connectivity index (χ1) is 20.7. The maximum Gasteiger partial charge on any atom is 0.389 e. The lowest BCUT2D eigenvalue weighted by molar-refractivity contribution is -0.144. The van der Waals surface area contributed by atoms with E-state index < -0.39 is 80.3 Å². The highest BCUT2D eigenvalue weighted by Gasteiger charge is 2.42. The highest BCUT2D eigenvalue weighted by atomic mass is 19.4. The number of alkyl halides is 7. The molecule has 2 fully saturated rings. The molecule has 3 aromatic heterocycles. The molecule has 2 saturated carbocycles. The summed E-state index contributed by atoms with van der Waals surface area (Å²) in [4.78, 5) is 29.5. The number of aryl methyl sites for hydroxylation is 1. The van der Waals surface area contributed by atoms with E-state index in [1.807, 2.05) is 0 Å². The highest BCUT2D eigenvalue weighted by molar-refractivity contribution is 5.92. The summed E-state index contributed by atoms with van der Waals surface area (Å²) in [5.41, 5.74) is 6.58. The van der Waals surface area contributed by atoms with E-state index in [9.17, 15) is 40.3 Å². The summed E-state index contributed by atoms with van der Waals surface area (Å²) in [7, 11) is 0. The first-order valence-corrected chi connectivity index (χ1v) is 14.3. The summed E-state index contributed by atoms with van der Waals surface area (Å²) >= 11 is 0. The van der Waals surface area contributed by atoms with Gasteiger partial charge in [0.25, 0.3) is 5.91 Å². The molecule has 0 aliphatic heterocycles. The van der Waals surface area contributed by atoms with E-state index in [1.165, 1.54) is 16.9 Å². The average molecular weight is 633 g/mol. The number of nitrogens with zero attached hydrogens (tertiary/aromatic N) is 6. The number of hydrogen-bond acceptors (Lipinski definition) is 6. The first kappa shape index (κ1) is 31.6. The summed E-state index contributed by atoms with van der Waals surface area (Å²) in [6, 6.07) is 1.05. The summed E-state index contributed by atoms with van der Waals surface area (Å²) in [5.74, 6) is -5.87. The van der Waals surface area contributed by atoms with Gasteiger partial charge in [-0.25, -0.2) is 31.7 Å². The molecule has 10 nitrogen and oxygen atoms in total. The first-order valence-electron chi connectivity index (χ1n) is 14.3. The molecule has 0 aromatic carbocycles. The van der Waals surface area contributed by atoms with Crippen molar-refractivity contribution in [1.82, 2.24) is 34.9 Å². The number of hydrogen-bond donors (Lipinski definition) is 2. The number of aromatic nitrogens is 6. The molecule has 2 amide bonds. The second-order valence-electron chi connectivity index (χ2n) is 11.5. The molecule has 0 radical (unpaired) electrons. The number of imidazole rings is 1. The quantitative estimate of drug-likeness (QED) is 0.272. The Kier molecular flexibility index (Phi) is 8.84. The van der Waals surface area contributed by atoms with Crippen molar-refractivity contribution in [2.75, 3.05) is 0 Å². The molecule has 0 spiro atoms. The van der Waals surface area contributed by atoms with Crippen LogP contribution in [0.5, 0.6) is 0 Å². The van der Waals surface area contributed by atoms with Crippen LogP contribution in [0.1, 0.15) is 97.2 Å². The Labute approximate surface area is 246 Å². The molecule has 3 heterocycles. The number of amides is 2. The van der Waals surface area contributed by atoms with Crippen LogP contribution in [0, 0.1) is 11.8 Å². The van der Waals surface area contributed by atoms with Gasteiger partial charge in [-0.05, 0) is 49.1 Å². The molecule has 3 N–H and O–H groups in total. The van der Waals surface area contributed by atoms with Gasteiger partial charge >= 0.3 is 6.18 Å². The number of primary amides is 1. The number of rotatable bonds is 12. The Morgan fingerprint density at radius 1 is 1.11 bits per heavy atom. The molecule has 2 aliphatic rings. The van der Waals surface area contributed by atoms with Crippen LogP contribution in [0.25, 0.3) is 5.65 Å². The molecule has 0 bridgehead atoms. The van der Waals surface area contributed by atoms with Crippen LogP contribution in [-0.4, -0.2) is 59.9 Å². The van der Waals surface area contributed by atoms with E-state index >= 15 is 0 Å². The smallest absolute Gasteiger partial charge is 0.364 e. The minimum atomic E-state index is -4.47. The Bertz CT molecular complexity index is 1490. The largest absolute Gasteiger partial charge is 0.389 e. The normalized spacial score (nSPS) is 18.9. The summed E-state index contributed by atoms with van der Waals surface area (Å²) in [6.45, 7) is -0.342. The van der Waals surface area contributed by atoms with Gasteiger partial charge in [-0.15, -0.1) is 5.10 Å². The van der Waals surface area contributed by atoms with Crippen molar-refractivity contribution in [1.29, 1.82) is 0 Å². The lowest BCUT2D eigenvalue weighted by atomic mass is 9.75. The number of carbonyl (C=O) groups is 2. The molecule has 240 valence electrons. The number of nitrogens with one attached hydrogen (secondary N) is 1. The zero-order valence-corrected chi connectivity index (χ0v) is 23.4. The van der Waals surface area contributed by atoms with E-state index in [2.05, 4.69) is 25.7 Å². The molecule has 2 atom stereocenters. The Balaban J connectivity index is 1.48. The predicted molar refractivity (Wildman–Crippen MR) is 140 cm³/mol. The SMILES string of the molecule is NC(=O)c1c([C@H](c2cn3ncc([C@H](NC(=O)CCC(F)(F)F)C4CC4)cc3n2)C2CCC(F)(F)CC2)nnn1CCC(F)F. The van der Waals surface area contributed by atoms with Crippen LogP contribution in [0.2, 0.25) is 0 Å². The van der Waals surface area contributed by atoms with Crippen LogP contribution in [0.15, 0.2) is 18.5 Å². The Hall–Kier alpha value is -3.79. The van der Waals surface area contributed by atoms with Crippen molar-refractivity contribution in [2.24, 2.45) is 17.6 Å². The van der Waals surface area contributed by atoms with Gasteiger partial charge in [-0.3, -0.25) is 9.59 Å².